The van der Waals surface area contributed by atoms with Gasteiger partial charge in [0.2, 0.25) is 0 Å². The molecule has 1 rings (SSSR count). The van der Waals surface area contributed by atoms with E-state index in [2.05, 4.69) is 43.2 Å². The van der Waals surface area contributed by atoms with Gasteiger partial charge in [0.15, 0.2) is 0 Å². The molecule has 0 saturated heterocycles. The van der Waals surface area contributed by atoms with Crippen molar-refractivity contribution < 1.29 is 9.90 Å². The van der Waals surface area contributed by atoms with E-state index in [-0.39, 0.29) is 6.42 Å². The fourth-order valence-electron chi connectivity index (χ4n) is 1.93. The Bertz CT molecular complexity index is 335. The third kappa shape index (κ3) is 4.88. The van der Waals surface area contributed by atoms with Gasteiger partial charge in [0, 0.05) is 29.9 Å². The molecule has 0 fully saturated rings. The topological polar surface area (TPSA) is 40.5 Å². The third-order valence-corrected chi connectivity index (χ3v) is 3.79. The van der Waals surface area contributed by atoms with Gasteiger partial charge in [-0.05, 0) is 38.6 Å². The summed E-state index contributed by atoms with van der Waals surface area (Å²) in [6.45, 7) is 7.34. The lowest BCUT2D eigenvalue weighted by molar-refractivity contribution is -0.137. The van der Waals surface area contributed by atoms with Crippen LogP contribution in [0, 0.1) is 0 Å². The van der Waals surface area contributed by atoms with Crippen molar-refractivity contribution in [3.63, 3.8) is 0 Å². The van der Waals surface area contributed by atoms with Crippen LogP contribution in [0.2, 0.25) is 0 Å². The van der Waals surface area contributed by atoms with Crippen LogP contribution < -0.4 is 0 Å². The van der Waals surface area contributed by atoms with Gasteiger partial charge in [-0.2, -0.15) is 0 Å². The molecule has 1 aromatic heterocycles. The lowest BCUT2D eigenvalue weighted by atomic mass is 10.1. The number of rotatable bonds is 7. The Hall–Kier alpha value is -0.870. The van der Waals surface area contributed by atoms with Gasteiger partial charge in [-0.1, -0.05) is 6.07 Å². The molecule has 1 N–H and O–H groups in total. The second kappa shape index (κ2) is 6.77. The predicted molar refractivity (Wildman–Crippen MR) is 71.3 cm³/mol. The molecule has 1 atom stereocenters. The van der Waals surface area contributed by atoms with Gasteiger partial charge in [0.25, 0.3) is 0 Å². The molecule has 0 saturated carbocycles. The van der Waals surface area contributed by atoms with E-state index in [0.717, 1.165) is 6.54 Å². The average molecular weight is 255 g/mol. The highest BCUT2D eigenvalue weighted by atomic mass is 32.1. The Morgan fingerprint density at radius 1 is 1.47 bits per heavy atom. The van der Waals surface area contributed by atoms with Crippen LogP contribution in [0.4, 0.5) is 0 Å². The number of hydrogen-bond donors (Lipinski definition) is 1. The van der Waals surface area contributed by atoms with E-state index in [1.165, 1.54) is 4.88 Å². The van der Waals surface area contributed by atoms with E-state index < -0.39 is 5.97 Å². The second-order valence-electron chi connectivity index (χ2n) is 4.63. The number of carboxylic acids is 1. The Morgan fingerprint density at radius 2 is 2.18 bits per heavy atom. The highest BCUT2D eigenvalue weighted by Gasteiger charge is 2.18. The average Bonchev–Trinajstić information content (AvgIpc) is 2.74. The molecule has 0 bridgehead atoms. The number of carboxylic acid groups (broad SMARTS) is 1. The molecule has 0 aliphatic carbocycles. The molecule has 1 heterocycles. The zero-order chi connectivity index (χ0) is 12.8. The summed E-state index contributed by atoms with van der Waals surface area (Å²) in [6, 6.07) is 4.92. The number of hydrogen-bond acceptors (Lipinski definition) is 3. The first-order valence-corrected chi connectivity index (χ1v) is 6.88. The Morgan fingerprint density at radius 3 is 2.65 bits per heavy atom. The van der Waals surface area contributed by atoms with Crippen molar-refractivity contribution in [1.29, 1.82) is 0 Å². The summed E-state index contributed by atoms with van der Waals surface area (Å²) >= 11 is 1.75. The fraction of sp³-hybridized carbons (Fsp3) is 0.615. The zero-order valence-corrected chi connectivity index (χ0v) is 11.5. The quantitative estimate of drug-likeness (QED) is 0.813. The summed E-state index contributed by atoms with van der Waals surface area (Å²) in [7, 11) is 0. The standard InChI is InChI=1S/C13H21NO2S/c1-10(2)14(9-12-5-4-8-17-12)11(3)6-7-13(15)16/h4-5,8,10-11H,6-7,9H2,1-3H3,(H,15,16). The van der Waals surface area contributed by atoms with Crippen LogP contribution >= 0.6 is 11.3 Å². The van der Waals surface area contributed by atoms with Crippen LogP contribution in [-0.2, 0) is 11.3 Å². The van der Waals surface area contributed by atoms with Crippen molar-refractivity contribution in [2.24, 2.45) is 0 Å². The molecule has 0 spiro atoms. The van der Waals surface area contributed by atoms with Crippen LogP contribution in [0.1, 0.15) is 38.5 Å². The summed E-state index contributed by atoms with van der Waals surface area (Å²) in [5.41, 5.74) is 0. The van der Waals surface area contributed by atoms with Crippen molar-refractivity contribution in [1.82, 2.24) is 4.90 Å². The van der Waals surface area contributed by atoms with Crippen molar-refractivity contribution in [3.05, 3.63) is 22.4 Å². The lowest BCUT2D eigenvalue weighted by Crippen LogP contribution is -2.38. The van der Waals surface area contributed by atoms with Crippen LogP contribution in [0.5, 0.6) is 0 Å². The van der Waals surface area contributed by atoms with E-state index in [0.29, 0.717) is 18.5 Å². The summed E-state index contributed by atoms with van der Waals surface area (Å²) < 4.78 is 0. The second-order valence-corrected chi connectivity index (χ2v) is 5.66. The van der Waals surface area contributed by atoms with Crippen LogP contribution in [-0.4, -0.2) is 28.1 Å². The van der Waals surface area contributed by atoms with Crippen molar-refractivity contribution in [2.75, 3.05) is 0 Å². The predicted octanol–water partition coefficient (Wildman–Crippen LogP) is 3.21. The molecule has 17 heavy (non-hydrogen) atoms. The van der Waals surface area contributed by atoms with E-state index in [1.54, 1.807) is 11.3 Å². The third-order valence-electron chi connectivity index (χ3n) is 2.92. The van der Waals surface area contributed by atoms with E-state index in [1.807, 2.05) is 0 Å². The van der Waals surface area contributed by atoms with Gasteiger partial charge in [-0.3, -0.25) is 9.69 Å². The minimum atomic E-state index is -0.711. The van der Waals surface area contributed by atoms with Gasteiger partial charge in [-0.25, -0.2) is 0 Å². The van der Waals surface area contributed by atoms with Crippen molar-refractivity contribution in [2.45, 2.75) is 52.2 Å². The normalized spacial score (nSPS) is 13.2. The molecule has 0 aliphatic heterocycles. The number of aliphatic carboxylic acids is 1. The van der Waals surface area contributed by atoms with E-state index in [9.17, 15) is 4.79 Å². The SMILES string of the molecule is CC(C)N(Cc1cccs1)C(C)CCC(=O)O. The van der Waals surface area contributed by atoms with E-state index in [4.69, 9.17) is 5.11 Å². The van der Waals surface area contributed by atoms with Gasteiger partial charge in [0.1, 0.15) is 0 Å². The number of nitrogens with zero attached hydrogens (tertiary/aromatic N) is 1. The van der Waals surface area contributed by atoms with Crippen LogP contribution in [0.3, 0.4) is 0 Å². The first kappa shape index (κ1) is 14.2. The van der Waals surface area contributed by atoms with Crippen LogP contribution in [0.25, 0.3) is 0 Å². The maximum Gasteiger partial charge on any atom is 0.303 e. The molecule has 0 radical (unpaired) electrons. The summed E-state index contributed by atoms with van der Waals surface area (Å²) in [5.74, 6) is -0.711. The van der Waals surface area contributed by atoms with Gasteiger partial charge >= 0.3 is 5.97 Å². The lowest BCUT2D eigenvalue weighted by Gasteiger charge is -2.32. The minimum Gasteiger partial charge on any atom is -0.481 e. The molecule has 96 valence electrons. The summed E-state index contributed by atoms with van der Waals surface area (Å²) in [5, 5.41) is 10.8. The summed E-state index contributed by atoms with van der Waals surface area (Å²) in [6.07, 6.45) is 0.952. The number of carbonyl (C=O) groups is 1. The minimum absolute atomic E-state index is 0.245. The zero-order valence-electron chi connectivity index (χ0n) is 10.7. The molecule has 0 amide bonds. The van der Waals surface area contributed by atoms with Gasteiger partial charge in [0.05, 0.1) is 0 Å². The Labute approximate surface area is 107 Å². The van der Waals surface area contributed by atoms with Gasteiger partial charge < -0.3 is 5.11 Å². The molecule has 1 aromatic rings. The molecule has 0 aromatic carbocycles. The molecule has 1 unspecified atom stereocenters. The Kier molecular flexibility index (Phi) is 5.65. The molecule has 4 heteroatoms. The summed E-state index contributed by atoms with van der Waals surface area (Å²) in [4.78, 5) is 14.3. The first-order valence-electron chi connectivity index (χ1n) is 6.00. The largest absolute Gasteiger partial charge is 0.481 e. The van der Waals surface area contributed by atoms with E-state index >= 15 is 0 Å². The molecule has 3 nitrogen and oxygen atoms in total. The molecular weight excluding hydrogens is 234 g/mol. The highest BCUT2D eigenvalue weighted by molar-refractivity contribution is 7.09. The maximum atomic E-state index is 10.6. The molecular formula is C13H21NO2S. The molecule has 0 aliphatic rings. The maximum absolute atomic E-state index is 10.6. The monoisotopic (exact) mass is 255 g/mol. The Balaban J connectivity index is 2.55. The fourth-order valence-corrected chi connectivity index (χ4v) is 2.64. The first-order chi connectivity index (χ1) is 8.00. The van der Waals surface area contributed by atoms with Crippen molar-refractivity contribution in [3.8, 4) is 0 Å². The highest BCUT2D eigenvalue weighted by Crippen LogP contribution is 2.18. The number of thiophene rings is 1. The van der Waals surface area contributed by atoms with Crippen molar-refractivity contribution >= 4 is 17.3 Å². The smallest absolute Gasteiger partial charge is 0.303 e. The van der Waals surface area contributed by atoms with Gasteiger partial charge in [-0.15, -0.1) is 11.3 Å². The van der Waals surface area contributed by atoms with Crippen LogP contribution in [0.15, 0.2) is 17.5 Å².